The van der Waals surface area contributed by atoms with Crippen molar-refractivity contribution in [1.29, 1.82) is 0 Å². The molecule has 3 rings (SSSR count). The van der Waals surface area contributed by atoms with Gasteiger partial charge in [0.2, 0.25) is 0 Å². The molecule has 8 heteroatoms. The molecule has 0 spiro atoms. The minimum Gasteiger partial charge on any atom is -0.497 e. The predicted molar refractivity (Wildman–Crippen MR) is 102 cm³/mol. The molecule has 2 heterocycles. The van der Waals surface area contributed by atoms with Gasteiger partial charge in [-0.3, -0.25) is 15.1 Å². The highest BCUT2D eigenvalue weighted by Crippen LogP contribution is 2.36. The zero-order valence-electron chi connectivity index (χ0n) is 13.9. The Morgan fingerprint density at radius 1 is 1.08 bits per heavy atom. The summed E-state index contributed by atoms with van der Waals surface area (Å²) < 4.78 is 5.15. The summed E-state index contributed by atoms with van der Waals surface area (Å²) in [5.41, 5.74) is 7.06. The van der Waals surface area contributed by atoms with Crippen molar-refractivity contribution in [1.82, 2.24) is 4.98 Å². The van der Waals surface area contributed by atoms with Crippen molar-refractivity contribution in [3.63, 3.8) is 0 Å². The van der Waals surface area contributed by atoms with E-state index in [1.807, 2.05) is 24.3 Å². The maximum atomic E-state index is 12.6. The number of ether oxygens (including phenoxy) is 1. The van der Waals surface area contributed by atoms with Crippen LogP contribution in [-0.4, -0.2) is 24.0 Å². The minimum atomic E-state index is -0.730. The summed E-state index contributed by atoms with van der Waals surface area (Å²) >= 11 is 1.27. The molecule has 132 valence electrons. The van der Waals surface area contributed by atoms with Gasteiger partial charge in [-0.2, -0.15) is 0 Å². The van der Waals surface area contributed by atoms with E-state index in [4.69, 9.17) is 10.5 Å². The quantitative estimate of drug-likeness (QED) is 0.640. The highest BCUT2D eigenvalue weighted by atomic mass is 32.1. The lowest BCUT2D eigenvalue weighted by atomic mass is 10.1. The number of pyridine rings is 1. The van der Waals surface area contributed by atoms with Gasteiger partial charge >= 0.3 is 6.03 Å². The molecule has 3 aromatic rings. The molecule has 0 aliphatic carbocycles. The van der Waals surface area contributed by atoms with E-state index in [1.165, 1.54) is 11.3 Å². The van der Waals surface area contributed by atoms with Crippen LogP contribution in [0.25, 0.3) is 10.4 Å². The van der Waals surface area contributed by atoms with E-state index in [0.717, 1.165) is 16.2 Å². The molecule has 4 N–H and O–H groups in total. The molecule has 0 saturated heterocycles. The summed E-state index contributed by atoms with van der Waals surface area (Å²) in [5, 5.41) is 5.67. The molecule has 0 fully saturated rings. The van der Waals surface area contributed by atoms with E-state index in [2.05, 4.69) is 15.6 Å². The molecular formula is C18H16N4O3S. The Morgan fingerprint density at radius 3 is 2.38 bits per heavy atom. The van der Waals surface area contributed by atoms with Crippen molar-refractivity contribution in [3.05, 3.63) is 60.4 Å². The van der Waals surface area contributed by atoms with Crippen molar-refractivity contribution < 1.29 is 14.3 Å². The average molecular weight is 368 g/mol. The highest BCUT2D eigenvalue weighted by Gasteiger charge is 2.18. The van der Waals surface area contributed by atoms with E-state index >= 15 is 0 Å². The van der Waals surface area contributed by atoms with Crippen molar-refractivity contribution >= 4 is 34.0 Å². The van der Waals surface area contributed by atoms with Crippen molar-refractivity contribution in [2.24, 2.45) is 5.73 Å². The monoisotopic (exact) mass is 368 g/mol. The molecular weight excluding hydrogens is 352 g/mol. The van der Waals surface area contributed by atoms with Gasteiger partial charge in [0.15, 0.2) is 0 Å². The number of thiophene rings is 1. The molecule has 0 unspecified atom stereocenters. The number of amides is 3. The van der Waals surface area contributed by atoms with Crippen LogP contribution in [0.3, 0.4) is 0 Å². The number of nitrogens with two attached hydrogens (primary N) is 1. The molecule has 2 aromatic heterocycles. The lowest BCUT2D eigenvalue weighted by Crippen LogP contribution is -2.21. The van der Waals surface area contributed by atoms with Crippen molar-refractivity contribution in [3.8, 4) is 16.2 Å². The first-order valence-corrected chi connectivity index (χ1v) is 8.44. The Hall–Kier alpha value is -3.39. The number of methoxy groups -OCH3 is 1. The second-order valence-corrected chi connectivity index (χ2v) is 6.31. The van der Waals surface area contributed by atoms with Crippen LogP contribution in [0, 0.1) is 0 Å². The van der Waals surface area contributed by atoms with E-state index in [9.17, 15) is 9.59 Å². The third kappa shape index (κ3) is 3.98. The maximum absolute atomic E-state index is 12.6. The standard InChI is InChI=1S/C18H16N4O3S/c1-25-13-4-2-11(3-5-13)15-10-14(17(26-15)22-18(19)24)16(23)21-12-6-8-20-9-7-12/h2-10H,1H3,(H3,19,22,24)(H,20,21,23). The van der Waals surface area contributed by atoms with Gasteiger partial charge in [-0.1, -0.05) is 0 Å². The number of aromatic nitrogens is 1. The maximum Gasteiger partial charge on any atom is 0.317 e. The second kappa shape index (κ2) is 7.66. The lowest BCUT2D eigenvalue weighted by molar-refractivity contribution is 0.102. The zero-order chi connectivity index (χ0) is 18.5. The number of hydrogen-bond acceptors (Lipinski definition) is 5. The fourth-order valence-electron chi connectivity index (χ4n) is 2.30. The Morgan fingerprint density at radius 2 is 1.77 bits per heavy atom. The third-order valence-electron chi connectivity index (χ3n) is 3.53. The number of urea groups is 1. The van der Waals surface area contributed by atoms with Crippen LogP contribution in [0.2, 0.25) is 0 Å². The topological polar surface area (TPSA) is 106 Å². The Balaban J connectivity index is 1.93. The number of nitrogens with one attached hydrogen (secondary N) is 2. The first kappa shape index (κ1) is 17.4. The van der Waals surface area contributed by atoms with Crippen LogP contribution in [0.1, 0.15) is 10.4 Å². The molecule has 0 aliphatic rings. The number of primary amides is 1. The molecule has 0 atom stereocenters. The van der Waals surface area contributed by atoms with Gasteiger partial charge in [0.25, 0.3) is 5.91 Å². The summed E-state index contributed by atoms with van der Waals surface area (Å²) in [6.45, 7) is 0. The van der Waals surface area contributed by atoms with Crippen LogP contribution in [0.15, 0.2) is 54.9 Å². The minimum absolute atomic E-state index is 0.330. The van der Waals surface area contributed by atoms with Crippen LogP contribution < -0.4 is 21.1 Å². The predicted octanol–water partition coefficient (Wildman–Crippen LogP) is 3.56. The van der Waals surface area contributed by atoms with E-state index < -0.39 is 6.03 Å². The van der Waals surface area contributed by atoms with Crippen LogP contribution in [0.4, 0.5) is 15.5 Å². The summed E-state index contributed by atoms with van der Waals surface area (Å²) in [7, 11) is 1.59. The fourth-order valence-corrected chi connectivity index (χ4v) is 3.36. The highest BCUT2D eigenvalue weighted by molar-refractivity contribution is 7.20. The van der Waals surface area contributed by atoms with E-state index in [-0.39, 0.29) is 5.91 Å². The molecule has 0 radical (unpaired) electrons. The molecule has 1 aromatic carbocycles. The second-order valence-electron chi connectivity index (χ2n) is 5.26. The fraction of sp³-hybridized carbons (Fsp3) is 0.0556. The van der Waals surface area contributed by atoms with Crippen LogP contribution in [-0.2, 0) is 0 Å². The van der Waals surface area contributed by atoms with Gasteiger partial charge in [-0.15, -0.1) is 11.3 Å². The SMILES string of the molecule is COc1ccc(-c2cc(C(=O)Nc3ccncc3)c(NC(N)=O)s2)cc1. The first-order valence-electron chi connectivity index (χ1n) is 7.63. The van der Waals surface area contributed by atoms with Crippen LogP contribution in [0.5, 0.6) is 5.75 Å². The normalized spacial score (nSPS) is 10.2. The van der Waals surface area contributed by atoms with Gasteiger partial charge in [-0.25, -0.2) is 4.79 Å². The Kier molecular flexibility index (Phi) is 5.14. The molecule has 7 nitrogen and oxygen atoms in total. The van der Waals surface area contributed by atoms with Crippen LogP contribution >= 0.6 is 11.3 Å². The zero-order valence-corrected chi connectivity index (χ0v) is 14.7. The lowest BCUT2D eigenvalue weighted by Gasteiger charge is -2.05. The largest absolute Gasteiger partial charge is 0.497 e. The number of hydrogen-bond donors (Lipinski definition) is 3. The number of anilines is 2. The van der Waals surface area contributed by atoms with Gasteiger partial charge in [0.1, 0.15) is 10.8 Å². The summed E-state index contributed by atoms with van der Waals surface area (Å²) in [5.74, 6) is 0.382. The van der Waals surface area contributed by atoms with Gasteiger partial charge in [0.05, 0.1) is 12.7 Å². The Labute approximate surface area is 153 Å². The number of carbonyl (C=O) groups excluding carboxylic acids is 2. The van der Waals surface area contributed by atoms with E-state index in [0.29, 0.717) is 16.3 Å². The third-order valence-corrected chi connectivity index (χ3v) is 4.63. The summed E-state index contributed by atoms with van der Waals surface area (Å²) in [6.07, 6.45) is 3.16. The van der Waals surface area contributed by atoms with Gasteiger partial charge in [0, 0.05) is 23.0 Å². The molecule has 0 saturated carbocycles. The van der Waals surface area contributed by atoms with Crippen molar-refractivity contribution in [2.75, 3.05) is 17.7 Å². The van der Waals surface area contributed by atoms with E-state index in [1.54, 1.807) is 37.7 Å². The van der Waals surface area contributed by atoms with Gasteiger partial charge < -0.3 is 15.8 Å². The number of carbonyl (C=O) groups is 2. The number of benzene rings is 1. The summed E-state index contributed by atoms with van der Waals surface area (Å²) in [4.78, 5) is 28.6. The number of nitrogens with zero attached hydrogens (tertiary/aromatic N) is 1. The molecule has 0 aliphatic heterocycles. The molecule has 3 amide bonds. The first-order chi connectivity index (χ1) is 12.6. The average Bonchev–Trinajstić information content (AvgIpc) is 3.06. The molecule has 0 bridgehead atoms. The Bertz CT molecular complexity index is 923. The summed E-state index contributed by atoms with van der Waals surface area (Å²) in [6, 6.07) is 11.7. The number of rotatable bonds is 5. The smallest absolute Gasteiger partial charge is 0.317 e. The van der Waals surface area contributed by atoms with Crippen molar-refractivity contribution in [2.45, 2.75) is 0 Å². The molecule has 26 heavy (non-hydrogen) atoms. The van der Waals surface area contributed by atoms with Gasteiger partial charge in [-0.05, 0) is 48.0 Å².